The van der Waals surface area contributed by atoms with Gasteiger partial charge in [-0.05, 0) is 12.1 Å². The molecule has 1 aromatic rings. The van der Waals surface area contributed by atoms with Crippen molar-refractivity contribution in [3.05, 3.63) is 48.6 Å². The first-order chi connectivity index (χ1) is 13.2. The summed E-state index contributed by atoms with van der Waals surface area (Å²) < 4.78 is 22.9. The molecule has 144 valence electrons. The van der Waals surface area contributed by atoms with Crippen molar-refractivity contribution in [1.82, 2.24) is 4.90 Å². The van der Waals surface area contributed by atoms with Gasteiger partial charge in [0.25, 0.3) is 0 Å². The summed E-state index contributed by atoms with van der Waals surface area (Å²) in [5.41, 5.74) is 0.888. The number of para-hydroxylation sites is 2. The molecule has 0 aliphatic carbocycles. The molecule has 0 aromatic heterocycles. The predicted molar refractivity (Wildman–Crippen MR) is 106 cm³/mol. The number of aliphatic imine (C=N–C) groups is 1. The average molecular weight is 389 g/mol. The number of anilines is 1. The number of thioether (sulfide) groups is 1. The van der Waals surface area contributed by atoms with E-state index < -0.39 is 0 Å². The van der Waals surface area contributed by atoms with Crippen molar-refractivity contribution in [2.45, 2.75) is 22.8 Å². The van der Waals surface area contributed by atoms with E-state index in [4.69, 9.17) is 18.9 Å². The third-order valence-electron chi connectivity index (χ3n) is 4.82. The lowest BCUT2D eigenvalue weighted by atomic mass is 10.1. The number of fused-ring (bicyclic) bond motifs is 2. The maximum absolute atomic E-state index is 6.05. The first kappa shape index (κ1) is 18.4. The van der Waals surface area contributed by atoms with E-state index in [9.17, 15) is 0 Å². The van der Waals surface area contributed by atoms with Gasteiger partial charge in [-0.1, -0.05) is 18.7 Å². The number of hydrogen-bond acceptors (Lipinski definition) is 8. The number of methoxy groups -OCH3 is 3. The van der Waals surface area contributed by atoms with Gasteiger partial charge >= 0.3 is 0 Å². The standard InChI is InChI=1S/C19H23N3O4S/c1-11-20-18-14(26-13-8-6-5-7-12(13)21-18)9-22(11)19-17(25-4)16(24-3)15(27-19)10-23-2/h5-9,15-17,19H,1,10H2,2-4H3,(H,20,21)/t15-,16?,17+,19-/m1/s1. The molecule has 1 N–H and O–H groups in total. The van der Waals surface area contributed by atoms with Crippen molar-refractivity contribution in [1.29, 1.82) is 0 Å². The second-order valence-electron chi connectivity index (χ2n) is 6.42. The zero-order chi connectivity index (χ0) is 19.0. The van der Waals surface area contributed by atoms with Crippen LogP contribution in [0.3, 0.4) is 0 Å². The molecule has 1 aromatic carbocycles. The molecule has 7 nitrogen and oxygen atoms in total. The van der Waals surface area contributed by atoms with E-state index in [1.165, 1.54) is 0 Å². The highest BCUT2D eigenvalue weighted by Crippen LogP contribution is 2.43. The second-order valence-corrected chi connectivity index (χ2v) is 7.78. The van der Waals surface area contributed by atoms with E-state index in [-0.39, 0.29) is 22.8 Å². The minimum atomic E-state index is -0.158. The van der Waals surface area contributed by atoms with E-state index in [0.717, 1.165) is 11.4 Å². The maximum Gasteiger partial charge on any atom is 0.186 e. The molecule has 1 unspecified atom stereocenters. The number of nitrogens with one attached hydrogen (secondary N) is 1. The number of nitrogens with zero attached hydrogens (tertiary/aromatic N) is 2. The van der Waals surface area contributed by atoms with Crippen molar-refractivity contribution < 1.29 is 18.9 Å². The Morgan fingerprint density at radius 3 is 2.74 bits per heavy atom. The van der Waals surface area contributed by atoms with E-state index >= 15 is 0 Å². The van der Waals surface area contributed by atoms with Crippen LogP contribution >= 0.6 is 11.8 Å². The Bertz CT molecular complexity index is 797. The van der Waals surface area contributed by atoms with Crippen LogP contribution in [-0.4, -0.2) is 61.5 Å². The Balaban J connectivity index is 1.62. The second kappa shape index (κ2) is 7.55. The predicted octanol–water partition coefficient (Wildman–Crippen LogP) is 2.64. The lowest BCUT2D eigenvalue weighted by molar-refractivity contribution is -0.0467. The molecule has 0 bridgehead atoms. The SMILES string of the molecule is C=C1N=C2Nc3ccccc3OC2=CN1[C@@H]1S[C@H](COC)C(OC)[C@@H]1OC. The minimum Gasteiger partial charge on any atom is -0.450 e. The third kappa shape index (κ3) is 3.23. The normalized spacial score (nSPS) is 29.3. The van der Waals surface area contributed by atoms with Gasteiger partial charge in [0.1, 0.15) is 23.4 Å². The fourth-order valence-corrected chi connectivity index (χ4v) is 5.29. The van der Waals surface area contributed by atoms with Crippen molar-refractivity contribution in [2.75, 3.05) is 33.3 Å². The number of benzene rings is 1. The van der Waals surface area contributed by atoms with Crippen molar-refractivity contribution in [3.63, 3.8) is 0 Å². The lowest BCUT2D eigenvalue weighted by Crippen LogP contribution is -2.44. The summed E-state index contributed by atoms with van der Waals surface area (Å²) >= 11 is 1.74. The first-order valence-electron chi connectivity index (χ1n) is 8.68. The third-order valence-corrected chi connectivity index (χ3v) is 6.35. The Morgan fingerprint density at radius 1 is 1.22 bits per heavy atom. The molecule has 0 saturated carbocycles. The average Bonchev–Trinajstić information content (AvgIpc) is 3.03. The molecular formula is C19H23N3O4S. The molecule has 0 amide bonds. The van der Waals surface area contributed by atoms with Crippen LogP contribution in [0.5, 0.6) is 5.75 Å². The smallest absolute Gasteiger partial charge is 0.186 e. The van der Waals surface area contributed by atoms with Crippen LogP contribution in [0.4, 0.5) is 5.69 Å². The maximum atomic E-state index is 6.05. The van der Waals surface area contributed by atoms with Crippen LogP contribution in [0, 0.1) is 0 Å². The lowest BCUT2D eigenvalue weighted by Gasteiger charge is -2.35. The summed E-state index contributed by atoms with van der Waals surface area (Å²) in [5, 5.41) is 3.40. The highest BCUT2D eigenvalue weighted by atomic mass is 32.2. The number of amidine groups is 1. The summed E-state index contributed by atoms with van der Waals surface area (Å²) in [4.78, 5) is 6.62. The van der Waals surface area contributed by atoms with Gasteiger partial charge in [0.15, 0.2) is 17.3 Å². The summed E-state index contributed by atoms with van der Waals surface area (Å²) in [5.74, 6) is 2.70. The fourth-order valence-electron chi connectivity index (χ4n) is 3.56. The molecule has 27 heavy (non-hydrogen) atoms. The first-order valence-corrected chi connectivity index (χ1v) is 9.62. The fraction of sp³-hybridized carbons (Fsp3) is 0.421. The van der Waals surface area contributed by atoms with Crippen molar-refractivity contribution >= 4 is 23.3 Å². The molecular weight excluding hydrogens is 366 g/mol. The number of rotatable bonds is 5. The van der Waals surface area contributed by atoms with Crippen LogP contribution in [-0.2, 0) is 14.2 Å². The van der Waals surface area contributed by atoms with E-state index in [2.05, 4.69) is 16.9 Å². The summed E-state index contributed by atoms with van der Waals surface area (Å²) in [6.07, 6.45) is 1.68. The van der Waals surface area contributed by atoms with Crippen LogP contribution in [0.1, 0.15) is 0 Å². The Kier molecular flexibility index (Phi) is 5.14. The van der Waals surface area contributed by atoms with Gasteiger partial charge in [-0.25, -0.2) is 4.99 Å². The summed E-state index contributed by atoms with van der Waals surface area (Å²) in [6, 6.07) is 7.77. The van der Waals surface area contributed by atoms with Crippen LogP contribution < -0.4 is 10.1 Å². The Hall–Kier alpha value is -2.00. The minimum absolute atomic E-state index is 0.0498. The van der Waals surface area contributed by atoms with E-state index in [1.807, 2.05) is 35.4 Å². The van der Waals surface area contributed by atoms with E-state index in [1.54, 1.807) is 33.1 Å². The molecule has 4 rings (SSSR count). The molecule has 3 heterocycles. The van der Waals surface area contributed by atoms with Gasteiger partial charge in [-0.3, -0.25) is 0 Å². The van der Waals surface area contributed by atoms with Gasteiger partial charge in [-0.2, -0.15) is 0 Å². The zero-order valence-electron chi connectivity index (χ0n) is 15.5. The topological polar surface area (TPSA) is 64.6 Å². The molecule has 1 fully saturated rings. The van der Waals surface area contributed by atoms with Gasteiger partial charge in [0.2, 0.25) is 0 Å². The van der Waals surface area contributed by atoms with Gasteiger partial charge in [0.05, 0.1) is 23.7 Å². The van der Waals surface area contributed by atoms with Crippen LogP contribution in [0.2, 0.25) is 0 Å². The highest BCUT2D eigenvalue weighted by Gasteiger charge is 2.48. The molecule has 0 spiro atoms. The summed E-state index contributed by atoms with van der Waals surface area (Å²) in [7, 11) is 5.09. The van der Waals surface area contributed by atoms with Gasteiger partial charge < -0.3 is 29.2 Å². The van der Waals surface area contributed by atoms with Gasteiger partial charge in [-0.15, -0.1) is 11.8 Å². The molecule has 3 aliphatic heterocycles. The quantitative estimate of drug-likeness (QED) is 0.830. The van der Waals surface area contributed by atoms with Gasteiger partial charge in [0, 0.05) is 21.3 Å². The largest absolute Gasteiger partial charge is 0.450 e. The molecule has 3 aliphatic rings. The van der Waals surface area contributed by atoms with Crippen LogP contribution in [0.25, 0.3) is 0 Å². The Morgan fingerprint density at radius 2 is 2.00 bits per heavy atom. The monoisotopic (exact) mass is 389 g/mol. The molecule has 1 saturated heterocycles. The summed E-state index contributed by atoms with van der Waals surface area (Å²) in [6.45, 7) is 4.71. The number of hydrogen-bond donors (Lipinski definition) is 1. The van der Waals surface area contributed by atoms with Crippen LogP contribution in [0.15, 0.2) is 53.6 Å². The molecule has 0 radical (unpaired) electrons. The van der Waals surface area contributed by atoms with E-state index in [0.29, 0.717) is 24.0 Å². The van der Waals surface area contributed by atoms with Crippen molar-refractivity contribution in [2.24, 2.45) is 4.99 Å². The number of ether oxygens (including phenoxy) is 4. The highest BCUT2D eigenvalue weighted by molar-refractivity contribution is 8.00. The Labute approximate surface area is 163 Å². The van der Waals surface area contributed by atoms with Crippen molar-refractivity contribution in [3.8, 4) is 5.75 Å². The molecule has 4 atom stereocenters. The zero-order valence-corrected chi connectivity index (χ0v) is 16.4. The molecule has 8 heteroatoms.